The fraction of sp³-hybridized carbons (Fsp3) is 0.286. The molecule has 0 unspecified atom stereocenters. The third-order valence-corrected chi connectivity index (χ3v) is 1.36. The number of rotatable bonds is 3. The molecule has 1 rings (SSSR count). The summed E-state index contributed by atoms with van der Waals surface area (Å²) in [7, 11) is 1.66. The highest BCUT2D eigenvalue weighted by Crippen LogP contribution is 2.07. The lowest BCUT2D eigenvalue weighted by molar-refractivity contribution is -0.115. The number of anilines is 1. The lowest BCUT2D eigenvalue weighted by atomic mass is 10.3. The molecule has 0 saturated carbocycles. The summed E-state index contributed by atoms with van der Waals surface area (Å²) < 4.78 is 0. The predicted octanol–water partition coefficient (Wildman–Crippen LogP) is -0.561. The number of hydrogen-bond donors (Lipinski definition) is 3. The average molecular weight is 179 g/mol. The van der Waals surface area contributed by atoms with Crippen LogP contribution in [0.1, 0.15) is 5.56 Å². The number of aromatic nitrogens is 2. The van der Waals surface area contributed by atoms with E-state index in [4.69, 9.17) is 5.26 Å². The summed E-state index contributed by atoms with van der Waals surface area (Å²) in [5, 5.41) is 19.9. The fourth-order valence-corrected chi connectivity index (χ4v) is 0.810. The normalized spacial score (nSPS) is 9.23. The third kappa shape index (κ3) is 2.28. The molecule has 0 spiro atoms. The smallest absolute Gasteiger partial charge is 0.239 e. The lowest BCUT2D eigenvalue weighted by Crippen LogP contribution is -2.25. The van der Waals surface area contributed by atoms with Crippen LogP contribution in [0.15, 0.2) is 6.20 Å². The van der Waals surface area contributed by atoms with Crippen LogP contribution in [0, 0.1) is 11.3 Å². The molecule has 0 aliphatic rings. The van der Waals surface area contributed by atoms with Crippen LogP contribution in [0.2, 0.25) is 0 Å². The first-order valence-electron chi connectivity index (χ1n) is 3.66. The number of nitrogens with zero attached hydrogens (tertiary/aromatic N) is 2. The number of nitrogens with one attached hydrogen (secondary N) is 3. The van der Waals surface area contributed by atoms with Gasteiger partial charge in [0.05, 0.1) is 12.7 Å². The Morgan fingerprint density at radius 1 is 1.85 bits per heavy atom. The van der Waals surface area contributed by atoms with Crippen LogP contribution >= 0.6 is 0 Å². The van der Waals surface area contributed by atoms with Crippen molar-refractivity contribution in [2.75, 3.05) is 18.9 Å². The highest BCUT2D eigenvalue weighted by molar-refractivity contribution is 5.92. The van der Waals surface area contributed by atoms with Gasteiger partial charge in [0.2, 0.25) is 5.91 Å². The molecule has 13 heavy (non-hydrogen) atoms. The number of amides is 1. The Balaban J connectivity index is 2.64. The van der Waals surface area contributed by atoms with E-state index in [2.05, 4.69) is 20.8 Å². The number of carbonyl (C=O) groups is 1. The van der Waals surface area contributed by atoms with Gasteiger partial charge < -0.3 is 10.6 Å². The van der Waals surface area contributed by atoms with Gasteiger partial charge in [-0.25, -0.2) is 0 Å². The fourth-order valence-electron chi connectivity index (χ4n) is 0.810. The highest BCUT2D eigenvalue weighted by atomic mass is 16.2. The van der Waals surface area contributed by atoms with Crippen molar-refractivity contribution in [3.63, 3.8) is 0 Å². The largest absolute Gasteiger partial charge is 0.311 e. The first-order valence-corrected chi connectivity index (χ1v) is 3.66. The zero-order chi connectivity index (χ0) is 9.68. The number of likely N-dealkylation sites (N-methyl/N-ethyl adjacent to an activating group) is 1. The molecule has 0 aliphatic carbocycles. The first kappa shape index (κ1) is 9.22. The minimum absolute atomic E-state index is 0.198. The molecule has 0 radical (unpaired) electrons. The van der Waals surface area contributed by atoms with Gasteiger partial charge >= 0.3 is 0 Å². The molecular formula is C7H9N5O. The van der Waals surface area contributed by atoms with E-state index in [0.717, 1.165) is 0 Å². The standard InChI is InChI=1S/C7H9N5O/c1-9-4-6(13)11-7-5(2-8)3-10-12-7/h3,9H,4H2,1H3,(H2,10,11,12,13). The Labute approximate surface area is 74.9 Å². The maximum absolute atomic E-state index is 11.0. The molecule has 0 aliphatic heterocycles. The minimum Gasteiger partial charge on any atom is -0.311 e. The van der Waals surface area contributed by atoms with Gasteiger partial charge in [0.1, 0.15) is 17.5 Å². The zero-order valence-electron chi connectivity index (χ0n) is 7.09. The quantitative estimate of drug-likeness (QED) is 0.579. The van der Waals surface area contributed by atoms with Crippen molar-refractivity contribution in [1.29, 1.82) is 5.26 Å². The van der Waals surface area contributed by atoms with Crippen molar-refractivity contribution in [1.82, 2.24) is 15.5 Å². The van der Waals surface area contributed by atoms with Crippen LogP contribution < -0.4 is 10.6 Å². The summed E-state index contributed by atoms with van der Waals surface area (Å²) in [6, 6.07) is 1.89. The number of H-pyrrole nitrogens is 1. The number of nitriles is 1. The Kier molecular flexibility index (Phi) is 3.00. The summed E-state index contributed by atoms with van der Waals surface area (Å²) in [5.74, 6) is 0.117. The van der Waals surface area contributed by atoms with E-state index in [-0.39, 0.29) is 12.5 Å². The van der Waals surface area contributed by atoms with Gasteiger partial charge in [-0.1, -0.05) is 0 Å². The van der Waals surface area contributed by atoms with Crippen molar-refractivity contribution in [2.45, 2.75) is 0 Å². The Bertz CT molecular complexity index is 337. The van der Waals surface area contributed by atoms with Crippen LogP contribution in [0.5, 0.6) is 0 Å². The lowest BCUT2D eigenvalue weighted by Gasteiger charge is -2.00. The Morgan fingerprint density at radius 3 is 3.23 bits per heavy atom. The average Bonchev–Trinajstić information content (AvgIpc) is 2.52. The van der Waals surface area contributed by atoms with Crippen molar-refractivity contribution in [3.05, 3.63) is 11.8 Å². The molecular weight excluding hydrogens is 170 g/mol. The second-order valence-corrected chi connectivity index (χ2v) is 2.35. The van der Waals surface area contributed by atoms with Crippen LogP contribution in [0.4, 0.5) is 5.82 Å². The SMILES string of the molecule is CNCC(=O)Nc1[nH]ncc1C#N. The van der Waals surface area contributed by atoms with Crippen molar-refractivity contribution in [3.8, 4) is 6.07 Å². The second kappa shape index (κ2) is 4.23. The molecule has 6 nitrogen and oxygen atoms in total. The van der Waals surface area contributed by atoms with E-state index >= 15 is 0 Å². The van der Waals surface area contributed by atoms with Crippen molar-refractivity contribution in [2.24, 2.45) is 0 Å². The van der Waals surface area contributed by atoms with Crippen LogP contribution in [0.25, 0.3) is 0 Å². The predicted molar refractivity (Wildman–Crippen MR) is 45.9 cm³/mol. The maximum Gasteiger partial charge on any atom is 0.239 e. The minimum atomic E-state index is -0.219. The summed E-state index contributed by atoms with van der Waals surface area (Å²) in [6.45, 7) is 0.198. The molecule has 1 heterocycles. The van der Waals surface area contributed by atoms with Crippen LogP contribution in [0.3, 0.4) is 0 Å². The van der Waals surface area contributed by atoms with E-state index in [9.17, 15) is 4.79 Å². The second-order valence-electron chi connectivity index (χ2n) is 2.35. The molecule has 0 fully saturated rings. The maximum atomic E-state index is 11.0. The molecule has 0 saturated heterocycles. The molecule has 68 valence electrons. The molecule has 6 heteroatoms. The molecule has 0 aromatic carbocycles. The topological polar surface area (TPSA) is 93.6 Å². The zero-order valence-corrected chi connectivity index (χ0v) is 7.09. The van der Waals surface area contributed by atoms with Crippen LogP contribution in [-0.4, -0.2) is 29.7 Å². The monoisotopic (exact) mass is 179 g/mol. The van der Waals surface area contributed by atoms with E-state index in [0.29, 0.717) is 11.4 Å². The van der Waals surface area contributed by atoms with E-state index in [1.807, 2.05) is 6.07 Å². The van der Waals surface area contributed by atoms with Gasteiger partial charge in [0, 0.05) is 0 Å². The van der Waals surface area contributed by atoms with Gasteiger partial charge in [0.25, 0.3) is 0 Å². The first-order chi connectivity index (χ1) is 6.27. The third-order valence-electron chi connectivity index (χ3n) is 1.36. The molecule has 3 N–H and O–H groups in total. The summed E-state index contributed by atoms with van der Waals surface area (Å²) in [5.41, 5.74) is 0.324. The van der Waals surface area contributed by atoms with Crippen molar-refractivity contribution < 1.29 is 4.79 Å². The van der Waals surface area contributed by atoms with Gasteiger partial charge in [-0.15, -0.1) is 0 Å². The van der Waals surface area contributed by atoms with Gasteiger partial charge in [-0.3, -0.25) is 9.89 Å². The number of aromatic amines is 1. The van der Waals surface area contributed by atoms with Crippen molar-refractivity contribution >= 4 is 11.7 Å². The summed E-state index contributed by atoms with van der Waals surface area (Å²) in [4.78, 5) is 11.0. The molecule has 1 amide bonds. The molecule has 1 aromatic heterocycles. The summed E-state index contributed by atoms with van der Waals surface area (Å²) >= 11 is 0. The highest BCUT2D eigenvalue weighted by Gasteiger charge is 2.06. The van der Waals surface area contributed by atoms with E-state index in [1.54, 1.807) is 7.05 Å². The number of carbonyl (C=O) groups excluding carboxylic acids is 1. The molecule has 0 atom stereocenters. The van der Waals surface area contributed by atoms with Crippen LogP contribution in [-0.2, 0) is 4.79 Å². The van der Waals surface area contributed by atoms with Gasteiger partial charge in [-0.05, 0) is 7.05 Å². The molecule has 0 bridgehead atoms. The summed E-state index contributed by atoms with van der Waals surface area (Å²) in [6.07, 6.45) is 1.36. The van der Waals surface area contributed by atoms with Gasteiger partial charge in [0.15, 0.2) is 0 Å². The van der Waals surface area contributed by atoms with E-state index < -0.39 is 0 Å². The Hall–Kier alpha value is -1.87. The number of hydrogen-bond acceptors (Lipinski definition) is 4. The van der Waals surface area contributed by atoms with E-state index in [1.165, 1.54) is 6.20 Å². The molecule has 1 aromatic rings. The van der Waals surface area contributed by atoms with Gasteiger partial charge in [-0.2, -0.15) is 10.4 Å². The Morgan fingerprint density at radius 2 is 2.62 bits per heavy atom.